The van der Waals surface area contributed by atoms with Crippen LogP contribution in [-0.2, 0) is 4.79 Å². The van der Waals surface area contributed by atoms with Gasteiger partial charge >= 0.3 is 6.09 Å². The van der Waals surface area contributed by atoms with E-state index in [0.29, 0.717) is 25.1 Å². The number of nitrogens with one attached hydrogen (secondary N) is 2. The summed E-state index contributed by atoms with van der Waals surface area (Å²) in [6.45, 7) is 6.04. The van der Waals surface area contributed by atoms with Crippen LogP contribution in [0.15, 0.2) is 24.3 Å². The average Bonchev–Trinajstić information content (AvgIpc) is 3.23. The summed E-state index contributed by atoms with van der Waals surface area (Å²) in [5.74, 6) is -0.458. The summed E-state index contributed by atoms with van der Waals surface area (Å²) in [6.07, 6.45) is -0.0204. The van der Waals surface area contributed by atoms with E-state index in [-0.39, 0.29) is 36.5 Å². The van der Waals surface area contributed by atoms with E-state index in [0.717, 1.165) is 10.9 Å². The minimum Gasteiger partial charge on any atom is -0.465 e. The highest BCUT2D eigenvalue weighted by atomic mass is 16.4. The lowest BCUT2D eigenvalue weighted by Crippen LogP contribution is -2.39. The molecule has 1 aliphatic heterocycles. The molecule has 29 heavy (non-hydrogen) atoms. The minimum atomic E-state index is -1.02. The number of carbonyl (C=O) groups excluding carboxylic acids is 2. The summed E-state index contributed by atoms with van der Waals surface area (Å²) < 4.78 is 1.82. The van der Waals surface area contributed by atoms with Crippen LogP contribution in [-0.4, -0.2) is 62.9 Å². The first kappa shape index (κ1) is 20.6. The van der Waals surface area contributed by atoms with E-state index in [1.807, 2.05) is 42.8 Å². The van der Waals surface area contributed by atoms with Gasteiger partial charge in [-0.25, -0.2) is 4.79 Å². The van der Waals surface area contributed by atoms with Gasteiger partial charge in [-0.3, -0.25) is 14.3 Å². The van der Waals surface area contributed by atoms with Crippen molar-refractivity contribution in [3.8, 4) is 0 Å². The van der Waals surface area contributed by atoms with Crippen LogP contribution in [0.4, 0.5) is 4.79 Å². The number of carboxylic acid groups (broad SMARTS) is 1. The Balaban J connectivity index is 1.73. The van der Waals surface area contributed by atoms with Crippen molar-refractivity contribution in [1.82, 2.24) is 25.3 Å². The average molecular weight is 401 g/mol. The molecule has 2 heterocycles. The number of hydrogen-bond acceptors (Lipinski definition) is 4. The number of fused-ring (bicyclic) bond motifs is 1. The van der Waals surface area contributed by atoms with E-state index in [9.17, 15) is 19.5 Å². The lowest BCUT2D eigenvalue weighted by Gasteiger charge is -2.20. The molecule has 1 fully saturated rings. The van der Waals surface area contributed by atoms with Crippen molar-refractivity contribution >= 4 is 28.8 Å². The van der Waals surface area contributed by atoms with Crippen molar-refractivity contribution in [3.63, 3.8) is 0 Å². The van der Waals surface area contributed by atoms with Gasteiger partial charge in [-0.05, 0) is 32.8 Å². The highest BCUT2D eigenvalue weighted by Gasteiger charge is 2.36. The van der Waals surface area contributed by atoms with Gasteiger partial charge in [0.15, 0.2) is 5.69 Å². The van der Waals surface area contributed by atoms with E-state index in [4.69, 9.17) is 0 Å². The van der Waals surface area contributed by atoms with Crippen molar-refractivity contribution < 1.29 is 19.5 Å². The largest absolute Gasteiger partial charge is 0.465 e. The van der Waals surface area contributed by atoms with E-state index in [1.165, 1.54) is 11.8 Å². The molecule has 1 aromatic heterocycles. The van der Waals surface area contributed by atoms with Gasteiger partial charge in [-0.15, -0.1) is 0 Å². The first-order valence-electron chi connectivity index (χ1n) is 9.80. The summed E-state index contributed by atoms with van der Waals surface area (Å²) in [5, 5.41) is 20.4. The van der Waals surface area contributed by atoms with Crippen LogP contribution in [0.3, 0.4) is 0 Å². The van der Waals surface area contributed by atoms with Crippen LogP contribution in [0.1, 0.15) is 50.1 Å². The lowest BCUT2D eigenvalue weighted by atomic mass is 10.1. The quantitative estimate of drug-likeness (QED) is 0.684. The predicted molar refractivity (Wildman–Crippen MR) is 108 cm³/mol. The normalized spacial score (nSPS) is 19.0. The second-order valence-electron chi connectivity index (χ2n) is 7.67. The molecular weight excluding hydrogens is 374 g/mol. The van der Waals surface area contributed by atoms with Gasteiger partial charge in [-0.2, -0.15) is 5.10 Å². The smallest absolute Gasteiger partial charge is 0.407 e. The summed E-state index contributed by atoms with van der Waals surface area (Å²) in [7, 11) is 0. The Bertz CT molecular complexity index is 923. The summed E-state index contributed by atoms with van der Waals surface area (Å²) in [5.41, 5.74) is 1.23. The van der Waals surface area contributed by atoms with E-state index >= 15 is 0 Å². The number of nitrogens with zero attached hydrogens (tertiary/aromatic N) is 3. The fourth-order valence-electron chi connectivity index (χ4n) is 3.85. The van der Waals surface area contributed by atoms with Crippen molar-refractivity contribution in [2.75, 3.05) is 13.1 Å². The Morgan fingerprint density at radius 1 is 1.28 bits per heavy atom. The van der Waals surface area contributed by atoms with Gasteiger partial charge in [0.25, 0.3) is 5.91 Å². The van der Waals surface area contributed by atoms with Crippen molar-refractivity contribution in [2.45, 2.75) is 51.7 Å². The van der Waals surface area contributed by atoms with Crippen LogP contribution >= 0.6 is 0 Å². The SMILES string of the molecule is CC(=O)NCC[C@@H]1C[C@H](NC(=O)c2nn(C(C)C)c3ccccc23)CN1C(=O)O. The molecule has 1 aromatic carbocycles. The van der Waals surface area contributed by atoms with Crippen molar-refractivity contribution in [2.24, 2.45) is 0 Å². The molecule has 1 saturated heterocycles. The number of likely N-dealkylation sites (tertiary alicyclic amines) is 1. The maximum atomic E-state index is 12.9. The summed E-state index contributed by atoms with van der Waals surface area (Å²) in [6, 6.07) is 7.12. The number of amides is 3. The molecule has 2 atom stereocenters. The molecule has 1 aliphatic rings. The third-order valence-corrected chi connectivity index (χ3v) is 5.16. The minimum absolute atomic E-state index is 0.105. The molecule has 0 spiro atoms. The van der Waals surface area contributed by atoms with Crippen LogP contribution < -0.4 is 10.6 Å². The number of para-hydroxylation sites is 1. The number of carbonyl (C=O) groups is 3. The Hall–Kier alpha value is -3.10. The third kappa shape index (κ3) is 4.49. The zero-order valence-electron chi connectivity index (χ0n) is 16.9. The molecule has 156 valence electrons. The molecule has 0 aliphatic carbocycles. The van der Waals surface area contributed by atoms with E-state index in [1.54, 1.807) is 0 Å². The van der Waals surface area contributed by atoms with Gasteiger partial charge in [0, 0.05) is 43.5 Å². The fraction of sp³-hybridized carbons (Fsp3) is 0.500. The Kier molecular flexibility index (Phi) is 6.05. The van der Waals surface area contributed by atoms with Gasteiger partial charge in [-0.1, -0.05) is 18.2 Å². The second kappa shape index (κ2) is 8.50. The number of hydrogen-bond donors (Lipinski definition) is 3. The number of rotatable bonds is 6. The van der Waals surface area contributed by atoms with Crippen LogP contribution in [0.25, 0.3) is 10.9 Å². The molecule has 2 aromatic rings. The van der Waals surface area contributed by atoms with Gasteiger partial charge in [0.1, 0.15) is 0 Å². The summed E-state index contributed by atoms with van der Waals surface area (Å²) >= 11 is 0. The predicted octanol–water partition coefficient (Wildman–Crippen LogP) is 1.99. The van der Waals surface area contributed by atoms with Gasteiger partial charge in [0.05, 0.1) is 5.52 Å². The molecule has 0 bridgehead atoms. The van der Waals surface area contributed by atoms with Crippen LogP contribution in [0, 0.1) is 0 Å². The second-order valence-corrected chi connectivity index (χ2v) is 7.67. The van der Waals surface area contributed by atoms with Crippen molar-refractivity contribution in [1.29, 1.82) is 0 Å². The molecule has 9 heteroatoms. The van der Waals surface area contributed by atoms with Crippen LogP contribution in [0.2, 0.25) is 0 Å². The Morgan fingerprint density at radius 2 is 2.00 bits per heavy atom. The molecule has 0 saturated carbocycles. The summed E-state index contributed by atoms with van der Waals surface area (Å²) in [4.78, 5) is 36.9. The maximum absolute atomic E-state index is 12.9. The first-order chi connectivity index (χ1) is 13.8. The zero-order chi connectivity index (χ0) is 21.1. The molecule has 9 nitrogen and oxygen atoms in total. The molecule has 0 radical (unpaired) electrons. The van der Waals surface area contributed by atoms with Crippen molar-refractivity contribution in [3.05, 3.63) is 30.0 Å². The molecular formula is C20H27N5O4. The number of aromatic nitrogens is 2. The highest BCUT2D eigenvalue weighted by molar-refractivity contribution is 6.05. The van der Waals surface area contributed by atoms with E-state index in [2.05, 4.69) is 15.7 Å². The third-order valence-electron chi connectivity index (χ3n) is 5.16. The lowest BCUT2D eigenvalue weighted by molar-refractivity contribution is -0.118. The van der Waals surface area contributed by atoms with Gasteiger partial charge < -0.3 is 20.6 Å². The van der Waals surface area contributed by atoms with Gasteiger partial charge in [0.2, 0.25) is 5.91 Å². The molecule has 3 rings (SSSR count). The highest BCUT2D eigenvalue weighted by Crippen LogP contribution is 2.24. The zero-order valence-corrected chi connectivity index (χ0v) is 16.9. The van der Waals surface area contributed by atoms with E-state index < -0.39 is 6.09 Å². The first-order valence-corrected chi connectivity index (χ1v) is 9.80. The number of benzene rings is 1. The topological polar surface area (TPSA) is 117 Å². The Morgan fingerprint density at radius 3 is 2.66 bits per heavy atom. The molecule has 0 unspecified atom stereocenters. The monoisotopic (exact) mass is 401 g/mol. The molecule has 3 N–H and O–H groups in total. The fourth-order valence-corrected chi connectivity index (χ4v) is 3.85. The maximum Gasteiger partial charge on any atom is 0.407 e. The Labute approximate surface area is 169 Å². The standard InChI is InChI=1S/C20H27N5O4/c1-12(2)25-17-7-5-4-6-16(17)18(23-25)19(27)22-14-10-15(8-9-21-13(3)26)24(11-14)20(28)29/h4-7,12,14-15H,8-11H2,1-3H3,(H,21,26)(H,22,27)(H,28,29)/t14-,15+/m0/s1. The van der Waals surface area contributed by atoms with Crippen LogP contribution in [0.5, 0.6) is 0 Å². The molecule has 3 amide bonds.